The first-order chi connectivity index (χ1) is 5.77. The Labute approximate surface area is 111 Å². The van der Waals surface area contributed by atoms with Gasteiger partial charge in [-0.25, -0.2) is 0 Å². The molecule has 0 amide bonds. The Bertz CT molecular complexity index is 120. The minimum absolute atomic E-state index is 0. The molecule has 0 heterocycles. The predicted octanol–water partition coefficient (Wildman–Crippen LogP) is -1.13. The first-order valence-corrected chi connectivity index (χ1v) is 5.65. The number of carbonyl (C=O) groups is 1. The molecular weight excluding hydrogens is 243 g/mol. The number of carboxylic acid groups (broad SMARTS) is 1. The number of hydrogen-bond acceptors (Lipinski definition) is 2. The van der Waals surface area contributed by atoms with Crippen LogP contribution in [0.1, 0.15) is 44.9 Å². The summed E-state index contributed by atoms with van der Waals surface area (Å²) in [5, 5.41) is 11.1. The molecule has 0 aromatic rings. The number of hydrogen-bond donors (Lipinski definition) is 0. The third kappa shape index (κ3) is 15.7. The summed E-state index contributed by atoms with van der Waals surface area (Å²) in [4.78, 5) is 10.0. The third-order valence-corrected chi connectivity index (χ3v) is 2.33. The molecule has 0 saturated heterocycles. The van der Waals surface area contributed by atoms with E-state index in [1.165, 1.54) is 19.3 Å². The Morgan fingerprint density at radius 3 is 1.92 bits per heavy atom. The first-order valence-electron chi connectivity index (χ1n) is 4.53. The van der Waals surface area contributed by atoms with Gasteiger partial charge in [0.2, 0.25) is 0 Å². The second-order valence-electron chi connectivity index (χ2n) is 2.93. The Kier molecular flexibility index (Phi) is 16.3. The van der Waals surface area contributed by atoms with Crippen LogP contribution in [0, 0.1) is 0 Å². The van der Waals surface area contributed by atoms with Crippen molar-refractivity contribution in [3.63, 3.8) is 0 Å². The van der Waals surface area contributed by atoms with E-state index in [1.54, 1.807) is 0 Å². The zero-order valence-electron chi connectivity index (χ0n) is 8.35. The van der Waals surface area contributed by atoms with Gasteiger partial charge in [0.05, 0.1) is 0 Å². The molecule has 0 aromatic heterocycles. The van der Waals surface area contributed by atoms with Crippen molar-refractivity contribution in [1.29, 1.82) is 0 Å². The quantitative estimate of drug-likeness (QED) is 0.314. The van der Waals surface area contributed by atoms with Crippen molar-refractivity contribution < 1.29 is 39.5 Å². The van der Waals surface area contributed by atoms with Crippen molar-refractivity contribution in [2.45, 2.75) is 44.9 Å². The summed E-state index contributed by atoms with van der Waals surface area (Å²) in [7, 11) is 0. The van der Waals surface area contributed by atoms with Crippen LogP contribution in [-0.4, -0.2) is 11.3 Å². The van der Waals surface area contributed by atoms with Gasteiger partial charge in [0.1, 0.15) is 0 Å². The van der Waals surface area contributed by atoms with Crippen LogP contribution in [-0.2, 0) is 4.79 Å². The van der Waals surface area contributed by atoms with Crippen molar-refractivity contribution >= 4 is 21.9 Å². The van der Waals surface area contributed by atoms with Crippen LogP contribution in [0.5, 0.6) is 0 Å². The average Bonchev–Trinajstić information content (AvgIpc) is 2.02. The first kappa shape index (κ1) is 16.4. The molecular formula is C9H16BrNaO2. The van der Waals surface area contributed by atoms with E-state index < -0.39 is 5.97 Å². The second-order valence-corrected chi connectivity index (χ2v) is 3.73. The summed E-state index contributed by atoms with van der Waals surface area (Å²) in [5.74, 6) is -0.921. The zero-order valence-corrected chi connectivity index (χ0v) is 11.9. The van der Waals surface area contributed by atoms with Gasteiger partial charge in [-0.1, -0.05) is 41.6 Å². The van der Waals surface area contributed by atoms with E-state index in [2.05, 4.69) is 15.9 Å². The number of halogens is 1. The van der Waals surface area contributed by atoms with E-state index in [0.29, 0.717) is 0 Å². The number of aliphatic carboxylic acids is 1. The van der Waals surface area contributed by atoms with Gasteiger partial charge in [0.25, 0.3) is 0 Å². The molecule has 0 N–H and O–H groups in total. The molecule has 0 bridgehead atoms. The van der Waals surface area contributed by atoms with Gasteiger partial charge in [0, 0.05) is 11.3 Å². The van der Waals surface area contributed by atoms with Crippen LogP contribution in [0.2, 0.25) is 0 Å². The number of rotatable bonds is 8. The van der Waals surface area contributed by atoms with Gasteiger partial charge in [-0.05, 0) is 19.3 Å². The molecule has 0 fully saturated rings. The molecule has 13 heavy (non-hydrogen) atoms. The molecule has 0 aromatic carbocycles. The Hall–Kier alpha value is 0.950. The molecule has 72 valence electrons. The Morgan fingerprint density at radius 1 is 1.00 bits per heavy atom. The Morgan fingerprint density at radius 2 is 1.46 bits per heavy atom. The molecule has 0 aliphatic rings. The molecule has 0 saturated carbocycles. The number of alkyl halides is 1. The largest absolute Gasteiger partial charge is 1.00 e. The van der Waals surface area contributed by atoms with Crippen LogP contribution in [0.25, 0.3) is 0 Å². The maximum Gasteiger partial charge on any atom is 1.00 e. The number of unbranched alkanes of at least 4 members (excludes halogenated alkanes) is 5. The summed E-state index contributed by atoms with van der Waals surface area (Å²) >= 11 is 3.37. The van der Waals surface area contributed by atoms with Gasteiger partial charge in [0.15, 0.2) is 0 Å². The third-order valence-electron chi connectivity index (χ3n) is 1.76. The minimum atomic E-state index is -0.921. The van der Waals surface area contributed by atoms with Gasteiger partial charge in [-0.15, -0.1) is 0 Å². The van der Waals surface area contributed by atoms with Crippen LogP contribution < -0.4 is 34.7 Å². The van der Waals surface area contributed by atoms with Gasteiger partial charge in [-0.3, -0.25) is 0 Å². The standard InChI is InChI=1S/C9H17BrO2.Na/c10-8-6-4-2-1-3-5-7-9(11)12;/h1-8H2,(H,11,12);/q;+1/p-1. The molecule has 0 aliphatic heterocycles. The number of carbonyl (C=O) groups excluding carboxylic acids is 1. The number of carboxylic acids is 1. The summed E-state index contributed by atoms with van der Waals surface area (Å²) in [6.45, 7) is 0. The zero-order chi connectivity index (χ0) is 9.23. The molecule has 0 rings (SSSR count). The second kappa shape index (κ2) is 12.9. The molecule has 2 nitrogen and oxygen atoms in total. The average molecular weight is 259 g/mol. The van der Waals surface area contributed by atoms with E-state index in [4.69, 9.17) is 0 Å². The van der Waals surface area contributed by atoms with Gasteiger partial charge in [-0.2, -0.15) is 0 Å². The van der Waals surface area contributed by atoms with E-state index >= 15 is 0 Å². The van der Waals surface area contributed by atoms with E-state index in [-0.39, 0.29) is 36.0 Å². The summed E-state index contributed by atoms with van der Waals surface area (Å²) in [6, 6.07) is 0. The fraction of sp³-hybridized carbons (Fsp3) is 0.889. The van der Waals surface area contributed by atoms with E-state index in [9.17, 15) is 9.90 Å². The summed E-state index contributed by atoms with van der Waals surface area (Å²) in [5.41, 5.74) is 0. The topological polar surface area (TPSA) is 40.1 Å². The fourth-order valence-corrected chi connectivity index (χ4v) is 1.47. The smallest absolute Gasteiger partial charge is 0.550 e. The van der Waals surface area contributed by atoms with Crippen LogP contribution in [0.3, 0.4) is 0 Å². The van der Waals surface area contributed by atoms with Crippen molar-refractivity contribution in [2.75, 3.05) is 5.33 Å². The maximum absolute atomic E-state index is 10.0. The van der Waals surface area contributed by atoms with Crippen molar-refractivity contribution in [1.82, 2.24) is 0 Å². The predicted molar refractivity (Wildman–Crippen MR) is 51.1 cm³/mol. The van der Waals surface area contributed by atoms with Gasteiger partial charge < -0.3 is 9.90 Å². The van der Waals surface area contributed by atoms with Gasteiger partial charge >= 0.3 is 29.6 Å². The van der Waals surface area contributed by atoms with E-state index in [1.807, 2.05) is 0 Å². The molecule has 0 unspecified atom stereocenters. The molecule has 0 atom stereocenters. The van der Waals surface area contributed by atoms with Crippen molar-refractivity contribution in [3.8, 4) is 0 Å². The Balaban J connectivity index is 0. The molecule has 0 radical (unpaired) electrons. The SMILES string of the molecule is O=C([O-])CCCCCCCCBr.[Na+]. The summed E-state index contributed by atoms with van der Waals surface area (Å²) < 4.78 is 0. The maximum atomic E-state index is 10.0. The molecule has 4 heteroatoms. The summed E-state index contributed by atoms with van der Waals surface area (Å²) in [6.07, 6.45) is 6.86. The fourth-order valence-electron chi connectivity index (χ4n) is 1.07. The molecule has 0 aliphatic carbocycles. The molecule has 0 spiro atoms. The minimum Gasteiger partial charge on any atom is -0.550 e. The van der Waals surface area contributed by atoms with Crippen LogP contribution in [0.4, 0.5) is 0 Å². The normalized spacial score (nSPS) is 9.31. The van der Waals surface area contributed by atoms with E-state index in [0.717, 1.165) is 24.6 Å². The van der Waals surface area contributed by atoms with Crippen LogP contribution in [0.15, 0.2) is 0 Å². The van der Waals surface area contributed by atoms with Crippen molar-refractivity contribution in [3.05, 3.63) is 0 Å². The monoisotopic (exact) mass is 258 g/mol. The van der Waals surface area contributed by atoms with Crippen LogP contribution >= 0.6 is 15.9 Å². The van der Waals surface area contributed by atoms with Crippen molar-refractivity contribution in [2.24, 2.45) is 0 Å².